The zero-order valence-corrected chi connectivity index (χ0v) is 12.0. The van der Waals surface area contributed by atoms with Crippen LogP contribution in [0.15, 0.2) is 24.3 Å². The van der Waals surface area contributed by atoms with E-state index in [4.69, 9.17) is 14.2 Å². The Morgan fingerprint density at radius 2 is 1.68 bits per heavy atom. The van der Waals surface area contributed by atoms with Crippen molar-refractivity contribution in [3.8, 4) is 5.75 Å². The van der Waals surface area contributed by atoms with Gasteiger partial charge < -0.3 is 19.3 Å². The van der Waals surface area contributed by atoms with Crippen molar-refractivity contribution >= 4 is 0 Å². The fourth-order valence-corrected chi connectivity index (χ4v) is 1.78. The number of para-hydroxylation sites is 1. The first-order chi connectivity index (χ1) is 9.22. The summed E-state index contributed by atoms with van der Waals surface area (Å²) in [6, 6.07) is 7.50. The number of hydrogen-bond donors (Lipinski definition) is 1. The number of aliphatic hydroxyl groups is 1. The van der Waals surface area contributed by atoms with E-state index in [1.54, 1.807) is 0 Å². The molecule has 1 atom stereocenters. The van der Waals surface area contributed by atoms with Gasteiger partial charge in [-0.1, -0.05) is 25.1 Å². The molecule has 0 saturated carbocycles. The fraction of sp³-hybridized carbons (Fsp3) is 0.600. The third-order valence-electron chi connectivity index (χ3n) is 2.74. The van der Waals surface area contributed by atoms with Crippen molar-refractivity contribution in [3.05, 3.63) is 29.8 Å². The molecule has 1 aromatic carbocycles. The zero-order chi connectivity index (χ0) is 14.1. The first kappa shape index (κ1) is 16.0. The Morgan fingerprint density at radius 3 is 2.26 bits per heavy atom. The monoisotopic (exact) mass is 268 g/mol. The van der Waals surface area contributed by atoms with Crippen LogP contribution in [0.3, 0.4) is 0 Å². The Kier molecular flexibility index (Phi) is 7.48. The van der Waals surface area contributed by atoms with E-state index in [0.29, 0.717) is 32.0 Å². The SMILES string of the molecule is CCOC(COc1ccccc1C(O)CC)OCC. The smallest absolute Gasteiger partial charge is 0.191 e. The highest BCUT2D eigenvalue weighted by atomic mass is 16.7. The number of aliphatic hydroxyl groups excluding tert-OH is 1. The molecule has 0 fully saturated rings. The number of hydrogen-bond acceptors (Lipinski definition) is 4. The maximum absolute atomic E-state index is 9.94. The molecule has 1 rings (SSSR count). The molecule has 1 unspecified atom stereocenters. The van der Waals surface area contributed by atoms with Crippen LogP contribution in [0, 0.1) is 0 Å². The molecule has 0 aliphatic rings. The third kappa shape index (κ3) is 5.19. The van der Waals surface area contributed by atoms with Crippen LogP contribution in [0.5, 0.6) is 5.75 Å². The molecule has 0 spiro atoms. The van der Waals surface area contributed by atoms with Crippen molar-refractivity contribution in [1.82, 2.24) is 0 Å². The molecule has 1 N–H and O–H groups in total. The number of rotatable bonds is 9. The van der Waals surface area contributed by atoms with Crippen LogP contribution in [0.4, 0.5) is 0 Å². The molecule has 19 heavy (non-hydrogen) atoms. The van der Waals surface area contributed by atoms with Crippen molar-refractivity contribution in [2.45, 2.75) is 39.6 Å². The van der Waals surface area contributed by atoms with Crippen LogP contribution in [0.2, 0.25) is 0 Å². The second kappa shape index (κ2) is 8.91. The maximum atomic E-state index is 9.94. The molecule has 4 nitrogen and oxygen atoms in total. The summed E-state index contributed by atoms with van der Waals surface area (Å²) in [7, 11) is 0. The molecular weight excluding hydrogens is 244 g/mol. The van der Waals surface area contributed by atoms with Crippen molar-refractivity contribution in [2.24, 2.45) is 0 Å². The van der Waals surface area contributed by atoms with E-state index >= 15 is 0 Å². The van der Waals surface area contributed by atoms with Crippen molar-refractivity contribution in [2.75, 3.05) is 19.8 Å². The van der Waals surface area contributed by atoms with E-state index in [1.807, 2.05) is 45.0 Å². The Morgan fingerprint density at radius 1 is 1.05 bits per heavy atom. The molecule has 1 aromatic rings. The summed E-state index contributed by atoms with van der Waals surface area (Å²) in [6.07, 6.45) is -0.226. The van der Waals surface area contributed by atoms with Gasteiger partial charge >= 0.3 is 0 Å². The van der Waals surface area contributed by atoms with E-state index < -0.39 is 6.10 Å². The third-order valence-corrected chi connectivity index (χ3v) is 2.74. The lowest BCUT2D eigenvalue weighted by Crippen LogP contribution is -2.25. The lowest BCUT2D eigenvalue weighted by molar-refractivity contribution is -0.152. The van der Waals surface area contributed by atoms with Gasteiger partial charge in [-0.2, -0.15) is 0 Å². The molecule has 0 saturated heterocycles. The Hall–Kier alpha value is -1.10. The molecule has 0 amide bonds. The Labute approximate surface area is 115 Å². The normalized spacial score (nSPS) is 12.7. The van der Waals surface area contributed by atoms with Gasteiger partial charge in [0.2, 0.25) is 0 Å². The lowest BCUT2D eigenvalue weighted by Gasteiger charge is -2.20. The summed E-state index contributed by atoms with van der Waals surface area (Å²) in [4.78, 5) is 0. The highest BCUT2D eigenvalue weighted by Crippen LogP contribution is 2.27. The molecule has 0 bridgehead atoms. The van der Waals surface area contributed by atoms with Gasteiger partial charge in [0.1, 0.15) is 12.4 Å². The average Bonchev–Trinajstić information content (AvgIpc) is 2.44. The highest BCUT2D eigenvalue weighted by Gasteiger charge is 2.14. The van der Waals surface area contributed by atoms with Gasteiger partial charge in [-0.05, 0) is 26.3 Å². The van der Waals surface area contributed by atoms with Gasteiger partial charge in [0.05, 0.1) is 6.10 Å². The minimum Gasteiger partial charge on any atom is -0.488 e. The van der Waals surface area contributed by atoms with Gasteiger partial charge in [0, 0.05) is 18.8 Å². The summed E-state index contributed by atoms with van der Waals surface area (Å²) in [5.74, 6) is 0.682. The molecular formula is C15H24O4. The van der Waals surface area contributed by atoms with Crippen molar-refractivity contribution in [3.63, 3.8) is 0 Å². The van der Waals surface area contributed by atoms with Crippen LogP contribution >= 0.6 is 0 Å². The topological polar surface area (TPSA) is 47.9 Å². The van der Waals surface area contributed by atoms with Crippen LogP contribution in [-0.4, -0.2) is 31.2 Å². The first-order valence-corrected chi connectivity index (χ1v) is 6.85. The quantitative estimate of drug-likeness (QED) is 0.700. The minimum absolute atomic E-state index is 0.315. The lowest BCUT2D eigenvalue weighted by atomic mass is 10.1. The molecule has 108 valence electrons. The van der Waals surface area contributed by atoms with Crippen LogP contribution in [0.25, 0.3) is 0 Å². The second-order valence-corrected chi connectivity index (χ2v) is 4.11. The zero-order valence-electron chi connectivity index (χ0n) is 12.0. The minimum atomic E-state index is -0.506. The molecule has 4 heteroatoms. The molecule has 0 radical (unpaired) electrons. The van der Waals surface area contributed by atoms with E-state index in [9.17, 15) is 5.11 Å². The Balaban J connectivity index is 2.65. The van der Waals surface area contributed by atoms with Crippen LogP contribution in [-0.2, 0) is 9.47 Å². The number of benzene rings is 1. The summed E-state index contributed by atoms with van der Waals surface area (Å²) in [5.41, 5.74) is 0.803. The average molecular weight is 268 g/mol. The molecule has 0 heterocycles. The van der Waals surface area contributed by atoms with E-state index in [1.165, 1.54) is 0 Å². The number of ether oxygens (including phenoxy) is 3. The van der Waals surface area contributed by atoms with Gasteiger partial charge in [0.15, 0.2) is 6.29 Å². The highest BCUT2D eigenvalue weighted by molar-refractivity contribution is 5.34. The van der Waals surface area contributed by atoms with Crippen molar-refractivity contribution in [1.29, 1.82) is 0 Å². The van der Waals surface area contributed by atoms with Gasteiger partial charge in [0.25, 0.3) is 0 Å². The summed E-state index contributed by atoms with van der Waals surface area (Å²) < 4.78 is 16.6. The van der Waals surface area contributed by atoms with Gasteiger partial charge in [-0.25, -0.2) is 0 Å². The van der Waals surface area contributed by atoms with Gasteiger partial charge in [-0.15, -0.1) is 0 Å². The predicted molar refractivity (Wildman–Crippen MR) is 74.2 cm³/mol. The fourth-order valence-electron chi connectivity index (χ4n) is 1.78. The maximum Gasteiger partial charge on any atom is 0.191 e. The van der Waals surface area contributed by atoms with Gasteiger partial charge in [-0.3, -0.25) is 0 Å². The molecule has 0 aliphatic heterocycles. The Bertz CT molecular complexity index is 348. The van der Waals surface area contributed by atoms with E-state index in [-0.39, 0.29) is 6.29 Å². The summed E-state index contributed by atoms with van der Waals surface area (Å²) in [5, 5.41) is 9.94. The van der Waals surface area contributed by atoms with Crippen LogP contribution in [0.1, 0.15) is 38.9 Å². The predicted octanol–water partition coefficient (Wildman–Crippen LogP) is 2.91. The van der Waals surface area contributed by atoms with Crippen LogP contribution < -0.4 is 4.74 Å². The van der Waals surface area contributed by atoms with Crippen molar-refractivity contribution < 1.29 is 19.3 Å². The standard InChI is InChI=1S/C15H24O4/c1-4-13(16)12-9-7-8-10-14(12)19-11-15(17-5-2)18-6-3/h7-10,13,15-16H,4-6,11H2,1-3H3. The summed E-state index contributed by atoms with van der Waals surface area (Å²) >= 11 is 0. The van der Waals surface area contributed by atoms with E-state index in [2.05, 4.69) is 0 Å². The molecule has 0 aliphatic carbocycles. The summed E-state index contributed by atoms with van der Waals surface area (Å²) in [6.45, 7) is 7.24. The first-order valence-electron chi connectivity index (χ1n) is 6.85. The van der Waals surface area contributed by atoms with E-state index in [0.717, 1.165) is 5.56 Å². The largest absolute Gasteiger partial charge is 0.488 e. The second-order valence-electron chi connectivity index (χ2n) is 4.11. The molecule has 0 aromatic heterocycles.